The fourth-order valence-electron chi connectivity index (χ4n) is 3.60. The van der Waals surface area contributed by atoms with Crippen molar-refractivity contribution in [2.24, 2.45) is 11.8 Å². The largest absolute Gasteiger partial charge is 0.546 e. The quantitative estimate of drug-likeness (QED) is 0.363. The molecule has 2 heterocycles. The van der Waals surface area contributed by atoms with E-state index in [1.165, 1.54) is 11.3 Å². The number of nitrogens with zero attached hydrogens (tertiary/aromatic N) is 1. The van der Waals surface area contributed by atoms with Crippen LogP contribution in [-0.4, -0.2) is 48.7 Å². The number of carbonyl (C=O) groups excluding carboxylic acids is 1. The first-order chi connectivity index (χ1) is 15.8. The van der Waals surface area contributed by atoms with Crippen LogP contribution in [0.15, 0.2) is 41.8 Å². The minimum absolute atomic E-state index is 0. The Bertz CT molecular complexity index is 1110. The first-order valence-corrected chi connectivity index (χ1v) is 13.0. The van der Waals surface area contributed by atoms with E-state index in [4.69, 9.17) is 4.74 Å². The summed E-state index contributed by atoms with van der Waals surface area (Å²) in [6.45, 7) is 3.44. The van der Waals surface area contributed by atoms with Gasteiger partial charge in [0.25, 0.3) is 0 Å². The molecule has 0 spiro atoms. The third-order valence-corrected chi connectivity index (χ3v) is 8.57. The van der Waals surface area contributed by atoms with Gasteiger partial charge in [-0.15, -0.1) is 17.3 Å². The molecule has 1 aromatic heterocycles. The molecular formula is C24H28NO6S2Y-. The van der Waals surface area contributed by atoms with Crippen LogP contribution in [0, 0.1) is 30.8 Å². The molecule has 10 heteroatoms. The van der Waals surface area contributed by atoms with E-state index in [-0.39, 0.29) is 64.8 Å². The van der Waals surface area contributed by atoms with Gasteiger partial charge in [0.05, 0.1) is 24.4 Å². The molecule has 0 saturated carbocycles. The standard InChI is InChI=1S/C24H28NO6S2.Y/c1-17(2)33(28,29)25-15-19(21(24(25)27)10-4-5-12-30-3)16-31-20-9-6-8-18(14-20)23(26)22-11-7-13-32-22;/h6-9,11,13-14,17,19,21,23,26H,3,10,12,15-16H2,1-2H3;/q-1;/t19-,21-,23?;/m1./s1. The summed E-state index contributed by atoms with van der Waals surface area (Å²) in [5, 5.41) is 11.8. The summed E-state index contributed by atoms with van der Waals surface area (Å²) in [7, 11) is -0.486. The minimum atomic E-state index is -3.74. The molecule has 34 heavy (non-hydrogen) atoms. The fraction of sp³-hybridized carbons (Fsp3) is 0.417. The van der Waals surface area contributed by atoms with Gasteiger partial charge < -0.3 is 14.6 Å². The van der Waals surface area contributed by atoms with Crippen molar-refractivity contribution in [3.63, 3.8) is 0 Å². The van der Waals surface area contributed by atoms with Gasteiger partial charge in [0.15, 0.2) is 0 Å². The van der Waals surface area contributed by atoms with Crippen LogP contribution in [0.5, 0.6) is 5.75 Å². The molecule has 181 valence electrons. The van der Waals surface area contributed by atoms with Gasteiger partial charge >= 0.3 is 0 Å². The van der Waals surface area contributed by atoms with E-state index in [2.05, 4.69) is 23.7 Å². The van der Waals surface area contributed by atoms with Crippen LogP contribution in [0.3, 0.4) is 0 Å². The predicted octanol–water partition coefficient (Wildman–Crippen LogP) is 3.22. The zero-order chi connectivity index (χ0) is 24.0. The zero-order valence-corrected chi connectivity index (χ0v) is 23.7. The van der Waals surface area contributed by atoms with Crippen molar-refractivity contribution < 1.29 is 60.5 Å². The maximum Gasteiger partial charge on any atom is 0.240 e. The third kappa shape index (κ3) is 6.90. The summed E-state index contributed by atoms with van der Waals surface area (Å²) in [4.78, 5) is 13.8. The Balaban J connectivity index is 0.00000408. The topological polar surface area (TPSA) is 93.1 Å². The maximum absolute atomic E-state index is 13.0. The Morgan fingerprint density at radius 1 is 1.26 bits per heavy atom. The fourth-order valence-corrected chi connectivity index (χ4v) is 5.63. The number of benzene rings is 1. The third-order valence-electron chi connectivity index (χ3n) is 5.51. The average Bonchev–Trinajstić information content (AvgIpc) is 3.44. The Kier molecular flexibility index (Phi) is 11.2. The number of ether oxygens (including phenoxy) is 2. The second-order valence-corrected chi connectivity index (χ2v) is 11.4. The zero-order valence-electron chi connectivity index (χ0n) is 19.2. The monoisotopic (exact) mass is 579 g/mol. The second kappa shape index (κ2) is 13.1. The smallest absolute Gasteiger partial charge is 0.240 e. The van der Waals surface area contributed by atoms with E-state index in [1.54, 1.807) is 32.0 Å². The van der Waals surface area contributed by atoms with Crippen molar-refractivity contribution in [2.75, 3.05) is 19.8 Å². The summed E-state index contributed by atoms with van der Waals surface area (Å²) in [5.74, 6) is 4.77. The van der Waals surface area contributed by atoms with Gasteiger partial charge in [-0.05, 0) is 43.0 Å². The molecule has 2 aromatic rings. The number of rotatable bonds is 9. The summed E-state index contributed by atoms with van der Waals surface area (Å²) >= 11 is 1.47. The predicted molar refractivity (Wildman–Crippen MR) is 127 cm³/mol. The molecule has 1 unspecified atom stereocenters. The molecule has 1 fully saturated rings. The van der Waals surface area contributed by atoms with E-state index in [0.29, 0.717) is 11.3 Å². The number of aliphatic hydroxyl groups excluding tert-OH is 1. The van der Waals surface area contributed by atoms with Gasteiger partial charge in [0, 0.05) is 56.5 Å². The number of hydrogen-bond acceptors (Lipinski definition) is 7. The second-order valence-electron chi connectivity index (χ2n) is 8.04. The molecule has 1 amide bonds. The van der Waals surface area contributed by atoms with Crippen LogP contribution < -0.4 is 4.74 Å². The number of aliphatic hydroxyl groups is 1. The average molecular weight is 580 g/mol. The Morgan fingerprint density at radius 2 is 2.03 bits per heavy atom. The molecule has 1 saturated heterocycles. The van der Waals surface area contributed by atoms with Gasteiger partial charge in [-0.1, -0.05) is 24.1 Å². The van der Waals surface area contributed by atoms with Gasteiger partial charge in [-0.25, -0.2) is 19.8 Å². The molecule has 1 N–H and O–H groups in total. The number of thiophene rings is 1. The summed E-state index contributed by atoms with van der Waals surface area (Å²) < 4.78 is 37.0. The van der Waals surface area contributed by atoms with Crippen LogP contribution in [0.1, 0.15) is 36.8 Å². The number of amides is 1. The van der Waals surface area contributed by atoms with Crippen molar-refractivity contribution in [2.45, 2.75) is 31.6 Å². The van der Waals surface area contributed by atoms with E-state index >= 15 is 0 Å². The summed E-state index contributed by atoms with van der Waals surface area (Å²) in [5.41, 5.74) is 0.692. The van der Waals surface area contributed by atoms with E-state index in [0.717, 1.165) is 9.18 Å². The number of hydrogen-bond donors (Lipinski definition) is 1. The van der Waals surface area contributed by atoms with Crippen LogP contribution in [0.4, 0.5) is 0 Å². The van der Waals surface area contributed by atoms with Crippen molar-refractivity contribution in [1.82, 2.24) is 4.31 Å². The van der Waals surface area contributed by atoms with Gasteiger partial charge in [0.2, 0.25) is 15.9 Å². The molecule has 3 atom stereocenters. The Hall–Kier alpha value is -1.28. The van der Waals surface area contributed by atoms with Crippen molar-refractivity contribution in [3.8, 4) is 17.6 Å². The minimum Gasteiger partial charge on any atom is -0.546 e. The molecule has 1 radical (unpaired) electrons. The first-order valence-electron chi connectivity index (χ1n) is 10.6. The summed E-state index contributed by atoms with van der Waals surface area (Å²) in [6.07, 6.45) is -0.552. The van der Waals surface area contributed by atoms with Gasteiger partial charge in [-0.3, -0.25) is 4.79 Å². The summed E-state index contributed by atoms with van der Waals surface area (Å²) in [6, 6.07) is 10.9. The van der Waals surface area contributed by atoms with Gasteiger partial charge in [0.1, 0.15) is 11.9 Å². The Labute approximate surface area is 230 Å². The molecule has 1 aliphatic rings. The van der Waals surface area contributed by atoms with Crippen molar-refractivity contribution in [3.05, 3.63) is 59.3 Å². The number of sulfonamides is 1. The molecule has 0 aliphatic carbocycles. The van der Waals surface area contributed by atoms with E-state index < -0.39 is 33.2 Å². The van der Waals surface area contributed by atoms with E-state index in [9.17, 15) is 18.3 Å². The van der Waals surface area contributed by atoms with Crippen molar-refractivity contribution in [1.29, 1.82) is 0 Å². The van der Waals surface area contributed by atoms with Crippen LogP contribution in [0.2, 0.25) is 0 Å². The Morgan fingerprint density at radius 3 is 2.68 bits per heavy atom. The molecule has 7 nitrogen and oxygen atoms in total. The number of carbonyl (C=O) groups is 1. The first kappa shape index (κ1) is 29.0. The van der Waals surface area contributed by atoms with Crippen LogP contribution in [0.25, 0.3) is 0 Å². The van der Waals surface area contributed by atoms with E-state index in [1.807, 2.05) is 23.6 Å². The molecule has 0 bridgehead atoms. The molecule has 3 rings (SSSR count). The van der Waals surface area contributed by atoms with Gasteiger partial charge in [-0.2, -0.15) is 0 Å². The molecule has 1 aromatic carbocycles. The SMILES string of the molecule is [CH2-]OCC#CC[C@H]1C(=O)N(S(=O)(=O)C(C)C)C[C@@H]1COc1cccc(C(O)c2cccs2)c1.[Y]. The van der Waals surface area contributed by atoms with Crippen molar-refractivity contribution >= 4 is 27.3 Å². The van der Waals surface area contributed by atoms with Crippen LogP contribution >= 0.6 is 11.3 Å². The molecular weight excluding hydrogens is 551 g/mol. The maximum atomic E-state index is 13.0. The molecule has 1 aliphatic heterocycles. The van der Waals surface area contributed by atoms with Crippen LogP contribution in [-0.2, 0) is 52.3 Å². The normalized spacial score (nSPS) is 18.9.